The molecule has 3 aliphatic heterocycles. The average molecular weight is 1100 g/mol. The molecule has 0 aliphatic carbocycles. The van der Waals surface area contributed by atoms with E-state index >= 15 is 0 Å². The minimum Gasteiger partial charge on any atom is -0.509 e. The average Bonchev–Trinajstić information content (AvgIpc) is 4.04. The predicted molar refractivity (Wildman–Crippen MR) is 283 cm³/mol. The monoisotopic (exact) mass is 1100 g/mol. The van der Waals surface area contributed by atoms with Crippen molar-refractivity contribution in [1.82, 2.24) is 9.55 Å². The number of hydrogen-bond donors (Lipinski definition) is 0. The molecule has 0 atom stereocenters. The third-order valence-corrected chi connectivity index (χ3v) is 12.6. The van der Waals surface area contributed by atoms with Gasteiger partial charge in [0.2, 0.25) is 0 Å². The topological polar surface area (TPSA) is 42.8 Å². The van der Waals surface area contributed by atoms with Crippen LogP contribution in [0.5, 0.6) is 23.0 Å². The van der Waals surface area contributed by atoms with Crippen molar-refractivity contribution >= 4 is 44.6 Å². The number of rotatable bonds is 1. The molecule has 0 amide bonds. The summed E-state index contributed by atoms with van der Waals surface area (Å²) in [5.74, 6) is 1.50. The van der Waals surface area contributed by atoms with Crippen molar-refractivity contribution in [2.75, 3.05) is 9.80 Å². The Morgan fingerprint density at radius 2 is 1.30 bits per heavy atom. The molecular formula is C63H51N4O2Pt-3. The third kappa shape index (κ3) is 7.85. The molecule has 5 heterocycles. The van der Waals surface area contributed by atoms with Gasteiger partial charge in [-0.05, 0) is 93.3 Å². The first-order valence-electron chi connectivity index (χ1n) is 27.9. The first-order chi connectivity index (χ1) is 37.5. The summed E-state index contributed by atoms with van der Waals surface area (Å²) in [6, 6.07) is 44.5. The van der Waals surface area contributed by atoms with Gasteiger partial charge in [0.05, 0.1) is 9.60 Å². The largest absolute Gasteiger partial charge is 0.509 e. The third-order valence-electron chi connectivity index (χ3n) is 12.6. The molecule has 2 aromatic heterocycles. The summed E-state index contributed by atoms with van der Waals surface area (Å²) in [4.78, 5) is 8.86. The second-order valence-corrected chi connectivity index (χ2v) is 19.4. The van der Waals surface area contributed by atoms with Crippen molar-refractivity contribution in [3.63, 3.8) is 0 Å². The fourth-order valence-electron chi connectivity index (χ4n) is 9.09. The van der Waals surface area contributed by atoms with Crippen molar-refractivity contribution in [3.05, 3.63) is 211 Å². The quantitative estimate of drug-likeness (QED) is 0.153. The van der Waals surface area contributed by atoms with Crippen LogP contribution in [0.15, 0.2) is 176 Å². The van der Waals surface area contributed by atoms with Gasteiger partial charge in [0, 0.05) is 87.7 Å². The van der Waals surface area contributed by atoms with E-state index in [1.54, 1.807) is 47.0 Å². The first-order valence-corrected chi connectivity index (χ1v) is 22.9. The fraction of sp³-hybridized carbons (Fsp3) is 0.143. The van der Waals surface area contributed by atoms with Gasteiger partial charge < -0.3 is 23.8 Å². The first kappa shape index (κ1) is 34.8. The normalized spacial score (nSPS) is 15.3. The summed E-state index contributed by atoms with van der Waals surface area (Å²) < 4.78 is 108. The van der Waals surface area contributed by atoms with Crippen LogP contribution in [0.2, 0.25) is 0 Å². The van der Waals surface area contributed by atoms with Gasteiger partial charge in [-0.3, -0.25) is 0 Å². The summed E-state index contributed by atoms with van der Waals surface area (Å²) in [7, 11) is 0. The van der Waals surface area contributed by atoms with Crippen molar-refractivity contribution in [1.29, 1.82) is 0 Å². The molecule has 348 valence electrons. The van der Waals surface area contributed by atoms with Gasteiger partial charge in [0.15, 0.2) is 0 Å². The molecule has 10 aromatic rings. The maximum Gasteiger partial charge on any atom is 0.135 e. The molecule has 0 radical (unpaired) electrons. The Hall–Kier alpha value is -7.40. The Morgan fingerprint density at radius 1 is 0.600 bits per heavy atom. The van der Waals surface area contributed by atoms with Gasteiger partial charge in [-0.25, -0.2) is 4.98 Å². The zero-order valence-corrected chi connectivity index (χ0v) is 41.5. The number of ether oxygens (including phenoxy) is 2. The Balaban J connectivity index is 0.00000675. The maximum absolute atomic E-state index is 9.63. The minimum absolute atomic E-state index is 0. The minimum atomic E-state index is -2.68. The van der Waals surface area contributed by atoms with E-state index in [1.807, 2.05) is 137 Å². The van der Waals surface area contributed by atoms with Gasteiger partial charge in [0.1, 0.15) is 17.3 Å². The van der Waals surface area contributed by atoms with Gasteiger partial charge in [-0.2, -0.15) is 12.1 Å². The molecule has 0 fully saturated rings. The SMILES string of the molecule is [2H]c1c([2H])c(C(C)(C)C)c([2H])c([2H])c1-c1cccc2c1N1[CH-]N(c3[c-]c(ccc3)Oc3[c-]c4c(cc3)c3c([2H])c(C(C)(C)C)c([2H])c([2H])c3n4-c3cc(C([2H])([2H])[2H])c(cn3)-c3cccc(c3)Oc3ccccc3-2)c2ccccc21.[Pt]. The smallest absolute Gasteiger partial charge is 0.135 e. The van der Waals surface area contributed by atoms with Crippen LogP contribution < -0.4 is 19.3 Å². The zero-order valence-electron chi connectivity index (χ0n) is 49.2. The summed E-state index contributed by atoms with van der Waals surface area (Å²) in [6.45, 7) is 10.6. The van der Waals surface area contributed by atoms with Gasteiger partial charge in [-0.15, -0.1) is 48.1 Å². The Labute approximate surface area is 439 Å². The van der Waals surface area contributed by atoms with Gasteiger partial charge in [0.25, 0.3) is 0 Å². The standard InChI is InChI=1S/C63H51N4O2.Pt/c1-40-33-60-64-38-54(40)42-15-12-17-46(34-42)69-59-24-11-8-19-51(59)52-21-14-20-49(41-25-27-43(28-26-41)62(2,3)4)61(52)66-39-65(56-22-9-10-23-57(56)66)45-16-13-18-47(36-45)68-48-30-31-50-53-35-44(63(5,6)7)29-32-55(53)67(60)58(50)37-48;/h8-35,38-39H,1-7H3;/q-3;/i1D3,25D,26D,27D,28D,29D,32D,35D;. The molecule has 10 bridgehead atoms. The van der Waals surface area contributed by atoms with Crippen molar-refractivity contribution in [2.24, 2.45) is 0 Å². The number of fused-ring (bicyclic) bond motifs is 5. The molecule has 6 nitrogen and oxygen atoms in total. The molecule has 7 heteroatoms. The van der Waals surface area contributed by atoms with Gasteiger partial charge in [-0.1, -0.05) is 144 Å². The maximum atomic E-state index is 9.63. The van der Waals surface area contributed by atoms with Crippen LogP contribution in [0.3, 0.4) is 0 Å². The second kappa shape index (κ2) is 17.2. The Bertz CT molecular complexity index is 4170. The van der Waals surface area contributed by atoms with E-state index in [9.17, 15) is 9.60 Å². The van der Waals surface area contributed by atoms with Crippen molar-refractivity contribution in [2.45, 2.75) is 59.2 Å². The summed E-state index contributed by atoms with van der Waals surface area (Å²) >= 11 is 0. The molecule has 0 saturated carbocycles. The molecule has 0 saturated heterocycles. The van der Waals surface area contributed by atoms with E-state index in [4.69, 9.17) is 18.6 Å². The number of aromatic nitrogens is 2. The second-order valence-electron chi connectivity index (χ2n) is 19.4. The number of para-hydroxylation sites is 4. The number of benzene rings is 8. The molecule has 0 unspecified atom stereocenters. The molecule has 0 spiro atoms. The van der Waals surface area contributed by atoms with E-state index in [-0.39, 0.29) is 91.6 Å². The van der Waals surface area contributed by atoms with E-state index < -0.39 is 17.7 Å². The van der Waals surface area contributed by atoms with Crippen LogP contribution in [0.25, 0.3) is 61.0 Å². The molecule has 0 N–H and O–H groups in total. The van der Waals surface area contributed by atoms with E-state index in [2.05, 4.69) is 12.1 Å². The zero-order chi connectivity index (χ0) is 55.8. The van der Waals surface area contributed by atoms with Crippen LogP contribution in [-0.2, 0) is 31.9 Å². The van der Waals surface area contributed by atoms with Crippen molar-refractivity contribution < 1.29 is 44.2 Å². The molecule has 8 aromatic carbocycles. The number of pyridine rings is 1. The predicted octanol–water partition coefficient (Wildman–Crippen LogP) is 17.0. The molecule has 70 heavy (non-hydrogen) atoms. The summed E-state index contributed by atoms with van der Waals surface area (Å²) in [6.07, 6.45) is 1.49. The van der Waals surface area contributed by atoms with Crippen LogP contribution >= 0.6 is 0 Å². The Morgan fingerprint density at radius 3 is 2.10 bits per heavy atom. The molecular weight excluding hydrogens is 1040 g/mol. The number of hydrogen-bond acceptors (Lipinski definition) is 5. The molecule has 3 aliphatic rings. The van der Waals surface area contributed by atoms with E-state index in [0.717, 1.165) is 11.4 Å². The van der Waals surface area contributed by atoms with Crippen LogP contribution in [0.1, 0.15) is 71.9 Å². The summed E-state index contributed by atoms with van der Waals surface area (Å²) in [5, 5.41) is 0.921. The van der Waals surface area contributed by atoms with Crippen LogP contribution in [-0.4, -0.2) is 9.55 Å². The fourth-order valence-corrected chi connectivity index (χ4v) is 9.09. The Kier molecular flexibility index (Phi) is 8.57. The van der Waals surface area contributed by atoms with Crippen LogP contribution in [0, 0.1) is 25.7 Å². The van der Waals surface area contributed by atoms with Crippen LogP contribution in [0.4, 0.5) is 22.7 Å². The molecule has 13 rings (SSSR count). The van der Waals surface area contributed by atoms with Gasteiger partial charge >= 0.3 is 0 Å². The number of anilines is 4. The van der Waals surface area contributed by atoms with E-state index in [0.29, 0.717) is 83.9 Å². The number of nitrogens with zero attached hydrogens (tertiary/aromatic N) is 4. The van der Waals surface area contributed by atoms with E-state index in [1.165, 1.54) is 12.3 Å². The summed E-state index contributed by atoms with van der Waals surface area (Å²) in [5.41, 5.74) is 5.11. The van der Waals surface area contributed by atoms with Crippen molar-refractivity contribution in [3.8, 4) is 62.2 Å². The number of aryl methyl sites for hydroxylation is 1.